The maximum Gasteiger partial charge on any atom is 0.0623 e. The Labute approximate surface area is 101 Å². The summed E-state index contributed by atoms with van der Waals surface area (Å²) in [6.07, 6.45) is 2.33. The highest BCUT2D eigenvalue weighted by molar-refractivity contribution is 4.88. The van der Waals surface area contributed by atoms with E-state index in [2.05, 4.69) is 51.9 Å². The van der Waals surface area contributed by atoms with Crippen LogP contribution in [0.1, 0.15) is 47.5 Å². The molecular weight excluding hydrogens is 200 g/mol. The molecule has 0 spiro atoms. The molecule has 0 aromatic rings. The maximum atomic E-state index is 9.52. The third kappa shape index (κ3) is 5.28. The first-order valence-electron chi connectivity index (χ1n) is 6.47. The standard InChI is InChI=1S/C13H30N2O/c1-7-12(8-2)15(6)9-13(5,10-16)14-11(3)4/h11-12,14,16H,7-10H2,1-6H3. The Morgan fingerprint density at radius 2 is 1.75 bits per heavy atom. The molecule has 0 aliphatic carbocycles. The smallest absolute Gasteiger partial charge is 0.0623 e. The Balaban J connectivity index is 4.39. The average Bonchev–Trinajstić information content (AvgIpc) is 2.18. The van der Waals surface area contributed by atoms with Gasteiger partial charge >= 0.3 is 0 Å². The molecule has 1 atom stereocenters. The van der Waals surface area contributed by atoms with Gasteiger partial charge < -0.3 is 15.3 Å². The van der Waals surface area contributed by atoms with Gasteiger partial charge in [0.2, 0.25) is 0 Å². The summed E-state index contributed by atoms with van der Waals surface area (Å²) in [4.78, 5) is 2.35. The Morgan fingerprint density at radius 3 is 2.06 bits per heavy atom. The molecule has 3 nitrogen and oxygen atoms in total. The van der Waals surface area contributed by atoms with Crippen molar-refractivity contribution >= 4 is 0 Å². The highest BCUT2D eigenvalue weighted by atomic mass is 16.3. The molecule has 0 amide bonds. The second-order valence-electron chi connectivity index (χ2n) is 5.40. The van der Waals surface area contributed by atoms with Crippen LogP contribution in [0.2, 0.25) is 0 Å². The summed E-state index contributed by atoms with van der Waals surface area (Å²) >= 11 is 0. The van der Waals surface area contributed by atoms with E-state index in [-0.39, 0.29) is 12.1 Å². The molecule has 0 rings (SSSR count). The Morgan fingerprint density at radius 1 is 1.25 bits per heavy atom. The lowest BCUT2D eigenvalue weighted by atomic mass is 10.00. The highest BCUT2D eigenvalue weighted by Crippen LogP contribution is 2.12. The van der Waals surface area contributed by atoms with E-state index in [1.165, 1.54) is 0 Å². The minimum atomic E-state index is -0.203. The Bertz CT molecular complexity index is 181. The third-order valence-electron chi connectivity index (χ3n) is 3.15. The first kappa shape index (κ1) is 15.9. The van der Waals surface area contributed by atoms with Crippen molar-refractivity contribution in [2.24, 2.45) is 0 Å². The Hall–Kier alpha value is -0.120. The van der Waals surface area contributed by atoms with Crippen molar-refractivity contribution in [2.75, 3.05) is 20.2 Å². The van der Waals surface area contributed by atoms with E-state index >= 15 is 0 Å². The van der Waals surface area contributed by atoms with E-state index in [9.17, 15) is 5.11 Å². The first-order valence-corrected chi connectivity index (χ1v) is 6.47. The summed E-state index contributed by atoms with van der Waals surface area (Å²) in [5.41, 5.74) is -0.203. The van der Waals surface area contributed by atoms with E-state index in [0.717, 1.165) is 19.4 Å². The highest BCUT2D eigenvalue weighted by Gasteiger charge is 2.27. The third-order valence-corrected chi connectivity index (χ3v) is 3.15. The summed E-state index contributed by atoms with van der Waals surface area (Å²) in [5, 5.41) is 13.0. The van der Waals surface area contributed by atoms with Crippen LogP contribution in [0.3, 0.4) is 0 Å². The van der Waals surface area contributed by atoms with Gasteiger partial charge in [-0.3, -0.25) is 0 Å². The fourth-order valence-corrected chi connectivity index (χ4v) is 2.43. The van der Waals surface area contributed by atoms with Crippen molar-refractivity contribution in [2.45, 2.75) is 65.1 Å². The summed E-state index contributed by atoms with van der Waals surface area (Å²) in [5.74, 6) is 0. The van der Waals surface area contributed by atoms with Crippen LogP contribution in [0.5, 0.6) is 0 Å². The van der Waals surface area contributed by atoms with E-state index < -0.39 is 0 Å². The molecule has 0 radical (unpaired) electrons. The molecule has 0 aromatic carbocycles. The number of nitrogens with zero attached hydrogens (tertiary/aromatic N) is 1. The number of aliphatic hydroxyl groups excluding tert-OH is 1. The molecule has 2 N–H and O–H groups in total. The molecule has 0 aliphatic heterocycles. The second kappa shape index (κ2) is 7.25. The number of hydrogen-bond acceptors (Lipinski definition) is 3. The van der Waals surface area contributed by atoms with Crippen LogP contribution >= 0.6 is 0 Å². The summed E-state index contributed by atoms with van der Waals surface area (Å²) < 4.78 is 0. The largest absolute Gasteiger partial charge is 0.394 e. The van der Waals surface area contributed by atoms with Crippen LogP contribution in [0.15, 0.2) is 0 Å². The van der Waals surface area contributed by atoms with Crippen LogP contribution in [0, 0.1) is 0 Å². The van der Waals surface area contributed by atoms with Gasteiger partial charge in [-0.25, -0.2) is 0 Å². The van der Waals surface area contributed by atoms with Gasteiger partial charge in [-0.15, -0.1) is 0 Å². The molecule has 0 aromatic heterocycles. The first-order chi connectivity index (χ1) is 7.38. The minimum Gasteiger partial charge on any atom is -0.394 e. The molecular formula is C13H30N2O. The van der Waals surface area contributed by atoms with Crippen molar-refractivity contribution in [1.82, 2.24) is 10.2 Å². The van der Waals surface area contributed by atoms with Gasteiger partial charge in [0.1, 0.15) is 0 Å². The lowest BCUT2D eigenvalue weighted by molar-refractivity contribution is 0.102. The van der Waals surface area contributed by atoms with E-state index in [0.29, 0.717) is 12.1 Å². The summed E-state index contributed by atoms with van der Waals surface area (Å²) in [7, 11) is 2.15. The molecule has 1 unspecified atom stereocenters. The SMILES string of the molecule is CCC(CC)N(C)CC(C)(CO)NC(C)C. The second-order valence-corrected chi connectivity index (χ2v) is 5.40. The quantitative estimate of drug-likeness (QED) is 0.668. The lowest BCUT2D eigenvalue weighted by Gasteiger charge is -2.38. The molecule has 0 bridgehead atoms. The van der Waals surface area contributed by atoms with Gasteiger partial charge in [0.05, 0.1) is 12.1 Å². The van der Waals surface area contributed by atoms with Crippen molar-refractivity contribution in [3.63, 3.8) is 0 Å². The number of aliphatic hydroxyl groups is 1. The van der Waals surface area contributed by atoms with E-state index in [1.54, 1.807) is 0 Å². The summed E-state index contributed by atoms with van der Waals surface area (Å²) in [6.45, 7) is 11.8. The van der Waals surface area contributed by atoms with Crippen LogP contribution < -0.4 is 5.32 Å². The fraction of sp³-hybridized carbons (Fsp3) is 1.00. The molecule has 0 aliphatic rings. The normalized spacial score (nSPS) is 16.1. The number of hydrogen-bond donors (Lipinski definition) is 2. The van der Waals surface area contributed by atoms with E-state index in [4.69, 9.17) is 0 Å². The van der Waals surface area contributed by atoms with Crippen molar-refractivity contribution in [3.8, 4) is 0 Å². The van der Waals surface area contributed by atoms with Gasteiger partial charge in [-0.2, -0.15) is 0 Å². The van der Waals surface area contributed by atoms with Gasteiger partial charge in [0, 0.05) is 18.6 Å². The maximum absolute atomic E-state index is 9.52. The van der Waals surface area contributed by atoms with Crippen LogP contribution in [-0.2, 0) is 0 Å². The van der Waals surface area contributed by atoms with Crippen LogP contribution in [-0.4, -0.2) is 47.8 Å². The number of nitrogens with one attached hydrogen (secondary N) is 1. The molecule has 0 heterocycles. The number of rotatable bonds is 8. The van der Waals surface area contributed by atoms with Crippen molar-refractivity contribution in [1.29, 1.82) is 0 Å². The van der Waals surface area contributed by atoms with Gasteiger partial charge in [-0.1, -0.05) is 27.7 Å². The molecule has 16 heavy (non-hydrogen) atoms. The topological polar surface area (TPSA) is 35.5 Å². The number of likely N-dealkylation sites (N-methyl/N-ethyl adjacent to an activating group) is 1. The van der Waals surface area contributed by atoms with Crippen LogP contribution in [0.25, 0.3) is 0 Å². The molecule has 0 saturated carbocycles. The molecule has 0 saturated heterocycles. The fourth-order valence-electron chi connectivity index (χ4n) is 2.43. The molecule has 0 fully saturated rings. The van der Waals surface area contributed by atoms with Crippen molar-refractivity contribution in [3.05, 3.63) is 0 Å². The lowest BCUT2D eigenvalue weighted by Crippen LogP contribution is -2.56. The zero-order chi connectivity index (χ0) is 12.8. The van der Waals surface area contributed by atoms with Gasteiger partial charge in [0.25, 0.3) is 0 Å². The zero-order valence-corrected chi connectivity index (χ0v) is 11.9. The van der Waals surface area contributed by atoms with Crippen LogP contribution in [0.4, 0.5) is 0 Å². The summed E-state index contributed by atoms with van der Waals surface area (Å²) in [6, 6.07) is 1.01. The minimum absolute atomic E-state index is 0.176. The van der Waals surface area contributed by atoms with Crippen molar-refractivity contribution < 1.29 is 5.11 Å². The van der Waals surface area contributed by atoms with E-state index in [1.807, 2.05) is 0 Å². The monoisotopic (exact) mass is 230 g/mol. The Kier molecular flexibility index (Phi) is 7.20. The van der Waals surface area contributed by atoms with Gasteiger partial charge in [-0.05, 0) is 26.8 Å². The van der Waals surface area contributed by atoms with Gasteiger partial charge in [0.15, 0.2) is 0 Å². The zero-order valence-electron chi connectivity index (χ0n) is 11.9. The molecule has 3 heteroatoms. The molecule has 98 valence electrons. The predicted molar refractivity (Wildman–Crippen MR) is 70.8 cm³/mol. The average molecular weight is 230 g/mol. The predicted octanol–water partition coefficient (Wildman–Crippen LogP) is 1.86.